The molecular weight excluding hydrogens is 481 g/mol. The Morgan fingerprint density at radius 3 is 1.77 bits per heavy atom. The monoisotopic (exact) mass is 501 g/mol. The first-order valence-corrected chi connectivity index (χ1v) is 13.1. The zero-order valence-electron chi connectivity index (χ0n) is 20.8. The Hall–Kier alpha value is -5.30. The predicted molar refractivity (Wildman–Crippen MR) is 157 cm³/mol. The Morgan fingerprint density at radius 1 is 0.513 bits per heavy atom. The Labute approximate surface area is 223 Å². The largest absolute Gasteiger partial charge is 0.428 e. The number of para-hydroxylation sites is 6. The molecule has 1 aliphatic rings. The van der Waals surface area contributed by atoms with Crippen molar-refractivity contribution in [3.8, 4) is 17.7 Å². The van der Waals surface area contributed by atoms with Crippen LogP contribution in [0.3, 0.4) is 0 Å². The van der Waals surface area contributed by atoms with Crippen molar-refractivity contribution < 1.29 is 4.74 Å². The van der Waals surface area contributed by atoms with Crippen LogP contribution in [0.1, 0.15) is 0 Å². The van der Waals surface area contributed by atoms with Gasteiger partial charge in [-0.3, -0.25) is 0 Å². The molecule has 9 rings (SSSR count). The van der Waals surface area contributed by atoms with E-state index >= 15 is 0 Å². The van der Waals surface area contributed by atoms with Crippen LogP contribution in [-0.2, 0) is 0 Å². The molecule has 0 spiro atoms. The minimum absolute atomic E-state index is 0.216. The normalized spacial score (nSPS) is 12.8. The van der Waals surface area contributed by atoms with Crippen molar-refractivity contribution >= 4 is 56.3 Å². The molecule has 0 N–H and O–H groups in total. The number of nitrogens with zero attached hydrogens (tertiary/aromatic N) is 5. The fourth-order valence-electron chi connectivity index (χ4n) is 6.16. The van der Waals surface area contributed by atoms with Gasteiger partial charge in [-0.15, -0.1) is 0 Å². The molecule has 3 aromatic heterocycles. The third kappa shape index (κ3) is 2.81. The number of rotatable bonds is 2. The maximum Gasteiger partial charge on any atom is 0.428 e. The molecule has 0 amide bonds. The van der Waals surface area contributed by atoms with Crippen molar-refractivity contribution in [1.29, 1.82) is 0 Å². The number of imidazole rings is 2. The summed E-state index contributed by atoms with van der Waals surface area (Å²) in [6, 6.07) is 43.4. The van der Waals surface area contributed by atoms with Gasteiger partial charge in [0.15, 0.2) is 0 Å². The second kappa shape index (κ2) is 7.62. The molecule has 4 heterocycles. The van der Waals surface area contributed by atoms with Crippen LogP contribution in [0.5, 0.6) is 12.0 Å². The summed E-state index contributed by atoms with van der Waals surface area (Å²) in [5.74, 6) is 0. The molecule has 0 fully saturated rings. The van der Waals surface area contributed by atoms with Crippen LogP contribution < -0.4 is 10.2 Å². The highest BCUT2D eigenvalue weighted by Gasteiger charge is 2.38. The summed E-state index contributed by atoms with van der Waals surface area (Å²) in [6.45, 7) is -0.216. The predicted octanol–water partition coefficient (Wildman–Crippen LogP) is 6.38. The third-order valence-electron chi connectivity index (χ3n) is 7.81. The van der Waals surface area contributed by atoms with Crippen molar-refractivity contribution in [2.24, 2.45) is 0 Å². The standard InChI is InChI=1S/C32H20BN5O/c1-2-10-22(11-3-1)36-27-15-7-4-12-23(27)24-20-21(18-19-28(24)36)33-37-29-16-8-5-13-25(29)34-31(37)39-32-35-26-14-6-9-17-30(26)38(32)33/h1-20H. The van der Waals surface area contributed by atoms with Crippen molar-refractivity contribution in [3.05, 3.63) is 121 Å². The molecule has 0 radical (unpaired) electrons. The molecule has 0 aliphatic carbocycles. The highest BCUT2D eigenvalue weighted by atomic mass is 16.5. The Kier molecular flexibility index (Phi) is 4.05. The molecule has 39 heavy (non-hydrogen) atoms. The van der Waals surface area contributed by atoms with E-state index in [1.54, 1.807) is 0 Å². The SMILES string of the molecule is c1ccc(-n2c3ccccc3c3cc(B4n5c(nc6ccccc65)Oc5nc6ccccc6n54)ccc32)cc1. The number of aromatic nitrogens is 5. The van der Waals surface area contributed by atoms with Gasteiger partial charge in [0.25, 0.3) is 12.0 Å². The van der Waals surface area contributed by atoms with E-state index in [2.05, 4.69) is 98.5 Å². The minimum Gasteiger partial charge on any atom is -0.393 e. The van der Waals surface area contributed by atoms with Gasteiger partial charge >= 0.3 is 6.98 Å². The third-order valence-corrected chi connectivity index (χ3v) is 7.81. The summed E-state index contributed by atoms with van der Waals surface area (Å²) in [6.07, 6.45) is 0. The zero-order valence-corrected chi connectivity index (χ0v) is 20.8. The molecule has 0 atom stereocenters. The summed E-state index contributed by atoms with van der Waals surface area (Å²) >= 11 is 0. The maximum absolute atomic E-state index is 6.32. The smallest absolute Gasteiger partial charge is 0.393 e. The summed E-state index contributed by atoms with van der Waals surface area (Å²) in [5, 5.41) is 2.42. The molecule has 1 aliphatic heterocycles. The molecule has 7 heteroatoms. The van der Waals surface area contributed by atoms with E-state index in [1.807, 2.05) is 36.4 Å². The maximum atomic E-state index is 6.32. The van der Waals surface area contributed by atoms with Gasteiger partial charge in [-0.2, -0.15) is 9.97 Å². The average molecular weight is 501 g/mol. The number of ether oxygens (including phenoxy) is 1. The molecule has 8 aromatic rings. The highest BCUT2D eigenvalue weighted by Crippen LogP contribution is 2.36. The Morgan fingerprint density at radius 2 is 1.08 bits per heavy atom. The lowest BCUT2D eigenvalue weighted by Crippen LogP contribution is -2.47. The van der Waals surface area contributed by atoms with Gasteiger partial charge in [0, 0.05) is 16.5 Å². The quantitative estimate of drug-likeness (QED) is 0.258. The van der Waals surface area contributed by atoms with Crippen LogP contribution in [0.4, 0.5) is 0 Å². The van der Waals surface area contributed by atoms with Gasteiger partial charge in [0.2, 0.25) is 0 Å². The van der Waals surface area contributed by atoms with Crippen LogP contribution in [0.15, 0.2) is 121 Å². The molecule has 6 nitrogen and oxygen atoms in total. The molecule has 0 bridgehead atoms. The van der Waals surface area contributed by atoms with Crippen LogP contribution in [-0.4, -0.2) is 30.5 Å². The average Bonchev–Trinajstić information content (AvgIpc) is 3.65. The molecule has 0 unspecified atom stereocenters. The fourth-order valence-corrected chi connectivity index (χ4v) is 6.16. The molecular formula is C32H20BN5O. The lowest BCUT2D eigenvalue weighted by molar-refractivity contribution is 0.393. The summed E-state index contributed by atoms with van der Waals surface area (Å²) in [7, 11) is 0. The van der Waals surface area contributed by atoms with Crippen molar-refractivity contribution in [1.82, 2.24) is 23.5 Å². The van der Waals surface area contributed by atoms with Crippen LogP contribution in [0, 0.1) is 0 Å². The van der Waals surface area contributed by atoms with E-state index in [0.29, 0.717) is 12.0 Å². The lowest BCUT2D eigenvalue weighted by atomic mass is 9.66. The first-order valence-electron chi connectivity index (χ1n) is 13.1. The minimum atomic E-state index is -0.216. The first kappa shape index (κ1) is 20.7. The van der Waals surface area contributed by atoms with E-state index in [-0.39, 0.29) is 6.98 Å². The van der Waals surface area contributed by atoms with Crippen molar-refractivity contribution in [3.63, 3.8) is 0 Å². The van der Waals surface area contributed by atoms with E-state index in [1.165, 1.54) is 21.8 Å². The number of benzene rings is 5. The first-order chi connectivity index (χ1) is 19.3. The number of hydrogen-bond acceptors (Lipinski definition) is 3. The van der Waals surface area contributed by atoms with E-state index in [4.69, 9.17) is 14.7 Å². The second-order valence-corrected chi connectivity index (χ2v) is 9.95. The number of fused-ring (bicyclic) bond motifs is 9. The van der Waals surface area contributed by atoms with Gasteiger partial charge in [-0.1, -0.05) is 72.8 Å². The lowest BCUT2D eigenvalue weighted by Gasteiger charge is -2.25. The number of hydrogen-bond donors (Lipinski definition) is 0. The van der Waals surface area contributed by atoms with Crippen molar-refractivity contribution in [2.45, 2.75) is 0 Å². The topological polar surface area (TPSA) is 49.8 Å². The van der Waals surface area contributed by atoms with Gasteiger partial charge in [-0.25, -0.2) is 0 Å². The van der Waals surface area contributed by atoms with E-state index in [9.17, 15) is 0 Å². The second-order valence-electron chi connectivity index (χ2n) is 9.95. The van der Waals surface area contributed by atoms with E-state index in [0.717, 1.165) is 33.2 Å². The highest BCUT2D eigenvalue weighted by molar-refractivity contribution is 6.72. The van der Waals surface area contributed by atoms with Gasteiger partial charge in [0.1, 0.15) is 0 Å². The summed E-state index contributed by atoms with van der Waals surface area (Å²) in [5.41, 5.74) is 8.47. The van der Waals surface area contributed by atoms with Gasteiger partial charge < -0.3 is 18.3 Å². The summed E-state index contributed by atoms with van der Waals surface area (Å²) in [4.78, 5) is 9.67. The summed E-state index contributed by atoms with van der Waals surface area (Å²) < 4.78 is 13.0. The van der Waals surface area contributed by atoms with Gasteiger partial charge in [-0.05, 0) is 54.0 Å². The van der Waals surface area contributed by atoms with Crippen LogP contribution in [0.25, 0.3) is 49.6 Å². The van der Waals surface area contributed by atoms with E-state index < -0.39 is 0 Å². The molecule has 182 valence electrons. The molecule has 0 saturated heterocycles. The fraction of sp³-hybridized carbons (Fsp3) is 0. The Bertz CT molecular complexity index is 2150. The van der Waals surface area contributed by atoms with Crippen LogP contribution in [0.2, 0.25) is 0 Å². The van der Waals surface area contributed by atoms with Crippen molar-refractivity contribution in [2.75, 3.05) is 0 Å². The zero-order chi connectivity index (χ0) is 25.5. The van der Waals surface area contributed by atoms with Crippen LogP contribution >= 0.6 is 0 Å². The molecule has 5 aromatic carbocycles. The van der Waals surface area contributed by atoms with Gasteiger partial charge in [0.05, 0.1) is 33.1 Å². The Balaban J connectivity index is 1.37. The molecule has 0 saturated carbocycles.